The van der Waals surface area contributed by atoms with E-state index in [1.165, 1.54) is 45.6 Å². The molecule has 0 spiro atoms. The molecule has 100 valence electrons. The predicted molar refractivity (Wildman–Crippen MR) is 74.2 cm³/mol. The molecule has 0 aliphatic carbocycles. The van der Waals surface area contributed by atoms with E-state index in [1.807, 2.05) is 0 Å². The first-order chi connectivity index (χ1) is 8.06. The summed E-state index contributed by atoms with van der Waals surface area (Å²) in [6.07, 6.45) is 2.82. The molecule has 2 unspecified atom stereocenters. The van der Waals surface area contributed by atoms with Gasteiger partial charge in [-0.1, -0.05) is 13.8 Å². The number of piperidine rings is 1. The molecule has 0 saturated carbocycles. The van der Waals surface area contributed by atoms with Gasteiger partial charge in [-0.05, 0) is 57.5 Å². The van der Waals surface area contributed by atoms with Gasteiger partial charge >= 0.3 is 0 Å². The molecule has 2 rings (SSSR count). The molecule has 2 fully saturated rings. The molecule has 0 N–H and O–H groups in total. The third-order valence-electron chi connectivity index (χ3n) is 4.90. The van der Waals surface area contributed by atoms with E-state index in [2.05, 4.69) is 37.5 Å². The summed E-state index contributed by atoms with van der Waals surface area (Å²) in [5, 5.41) is 0. The van der Waals surface area contributed by atoms with Crippen molar-refractivity contribution in [3.8, 4) is 0 Å². The molecular formula is C15H30N2. The summed E-state index contributed by atoms with van der Waals surface area (Å²) < 4.78 is 0. The standard InChI is InChI=1S/C15H30N2/c1-12(2)17-9-14(4)15(11-17)10-16-7-5-13(3)6-8-16/h12-15H,5-11H2,1-4H3. The van der Waals surface area contributed by atoms with Crippen molar-refractivity contribution < 1.29 is 0 Å². The van der Waals surface area contributed by atoms with Crippen LogP contribution in [0.25, 0.3) is 0 Å². The minimum Gasteiger partial charge on any atom is -0.303 e. The average molecular weight is 238 g/mol. The molecule has 2 saturated heterocycles. The molecule has 0 aromatic rings. The van der Waals surface area contributed by atoms with Gasteiger partial charge in [0, 0.05) is 25.7 Å². The van der Waals surface area contributed by atoms with Crippen LogP contribution in [0.2, 0.25) is 0 Å². The molecule has 0 amide bonds. The maximum atomic E-state index is 2.71. The van der Waals surface area contributed by atoms with Crippen LogP contribution in [-0.4, -0.2) is 48.6 Å². The highest BCUT2D eigenvalue weighted by molar-refractivity contribution is 4.85. The fourth-order valence-corrected chi connectivity index (χ4v) is 3.31. The largest absolute Gasteiger partial charge is 0.303 e. The van der Waals surface area contributed by atoms with Gasteiger partial charge in [-0.2, -0.15) is 0 Å². The van der Waals surface area contributed by atoms with Crippen molar-refractivity contribution in [1.82, 2.24) is 9.80 Å². The SMILES string of the molecule is CC1CCN(CC2CN(C(C)C)CC2C)CC1. The van der Waals surface area contributed by atoms with E-state index in [0.717, 1.165) is 23.8 Å². The van der Waals surface area contributed by atoms with Crippen LogP contribution in [0.4, 0.5) is 0 Å². The summed E-state index contributed by atoms with van der Waals surface area (Å²) in [5.74, 6) is 2.75. The predicted octanol–water partition coefficient (Wildman–Crippen LogP) is 2.69. The second-order valence-electron chi connectivity index (χ2n) is 6.77. The summed E-state index contributed by atoms with van der Waals surface area (Å²) in [5.41, 5.74) is 0. The monoisotopic (exact) mass is 238 g/mol. The zero-order valence-electron chi connectivity index (χ0n) is 12.2. The van der Waals surface area contributed by atoms with E-state index in [9.17, 15) is 0 Å². The minimum atomic E-state index is 0.726. The molecule has 0 radical (unpaired) electrons. The van der Waals surface area contributed by atoms with E-state index < -0.39 is 0 Å². The van der Waals surface area contributed by atoms with Crippen LogP contribution in [0, 0.1) is 17.8 Å². The van der Waals surface area contributed by atoms with Gasteiger partial charge in [0.1, 0.15) is 0 Å². The van der Waals surface area contributed by atoms with E-state index in [1.54, 1.807) is 0 Å². The molecule has 2 heteroatoms. The lowest BCUT2D eigenvalue weighted by atomic mass is 9.94. The van der Waals surface area contributed by atoms with Gasteiger partial charge in [0.15, 0.2) is 0 Å². The highest BCUT2D eigenvalue weighted by atomic mass is 15.2. The van der Waals surface area contributed by atoms with Gasteiger partial charge in [-0.3, -0.25) is 0 Å². The van der Waals surface area contributed by atoms with Gasteiger partial charge < -0.3 is 9.80 Å². The smallest absolute Gasteiger partial charge is 0.00388 e. The number of hydrogen-bond acceptors (Lipinski definition) is 2. The van der Waals surface area contributed by atoms with Gasteiger partial charge in [-0.25, -0.2) is 0 Å². The normalized spacial score (nSPS) is 33.7. The zero-order valence-corrected chi connectivity index (χ0v) is 12.2. The first kappa shape index (κ1) is 13.4. The lowest BCUT2D eigenvalue weighted by molar-refractivity contribution is 0.156. The molecule has 2 aliphatic heterocycles. The van der Waals surface area contributed by atoms with E-state index in [4.69, 9.17) is 0 Å². The second-order valence-corrected chi connectivity index (χ2v) is 6.77. The molecule has 17 heavy (non-hydrogen) atoms. The highest BCUT2D eigenvalue weighted by Crippen LogP contribution is 2.27. The molecule has 2 heterocycles. The second kappa shape index (κ2) is 5.71. The third-order valence-corrected chi connectivity index (χ3v) is 4.90. The molecule has 2 aliphatic rings. The Bertz CT molecular complexity index is 231. The van der Waals surface area contributed by atoms with Gasteiger partial charge in [0.25, 0.3) is 0 Å². The van der Waals surface area contributed by atoms with Crippen molar-refractivity contribution in [1.29, 1.82) is 0 Å². The maximum absolute atomic E-state index is 2.71. The lowest BCUT2D eigenvalue weighted by Crippen LogP contribution is -2.38. The highest BCUT2D eigenvalue weighted by Gasteiger charge is 2.32. The Kier molecular flexibility index (Phi) is 4.48. The Morgan fingerprint density at radius 1 is 1.06 bits per heavy atom. The van der Waals surface area contributed by atoms with Crippen LogP contribution in [-0.2, 0) is 0 Å². The fourth-order valence-electron chi connectivity index (χ4n) is 3.31. The molecule has 0 aromatic heterocycles. The molecule has 2 nitrogen and oxygen atoms in total. The van der Waals surface area contributed by atoms with Crippen molar-refractivity contribution in [2.24, 2.45) is 17.8 Å². The summed E-state index contributed by atoms with van der Waals surface area (Å²) in [6, 6.07) is 0.726. The topological polar surface area (TPSA) is 6.48 Å². The summed E-state index contributed by atoms with van der Waals surface area (Å²) in [6.45, 7) is 16.2. The van der Waals surface area contributed by atoms with Crippen LogP contribution in [0.5, 0.6) is 0 Å². The molecule has 2 atom stereocenters. The number of rotatable bonds is 3. The van der Waals surface area contributed by atoms with Crippen molar-refractivity contribution in [3.63, 3.8) is 0 Å². The Balaban J connectivity index is 1.79. The number of likely N-dealkylation sites (tertiary alicyclic amines) is 2. The van der Waals surface area contributed by atoms with Crippen LogP contribution < -0.4 is 0 Å². The third kappa shape index (κ3) is 3.45. The molecular weight excluding hydrogens is 208 g/mol. The van der Waals surface area contributed by atoms with Gasteiger partial charge in [-0.15, -0.1) is 0 Å². The fraction of sp³-hybridized carbons (Fsp3) is 1.00. The minimum absolute atomic E-state index is 0.726. The molecule has 0 bridgehead atoms. The van der Waals surface area contributed by atoms with Crippen molar-refractivity contribution in [2.45, 2.75) is 46.6 Å². The van der Waals surface area contributed by atoms with Gasteiger partial charge in [0.2, 0.25) is 0 Å². The first-order valence-electron chi connectivity index (χ1n) is 7.52. The van der Waals surface area contributed by atoms with E-state index >= 15 is 0 Å². The number of nitrogens with zero attached hydrogens (tertiary/aromatic N) is 2. The quantitative estimate of drug-likeness (QED) is 0.746. The Morgan fingerprint density at radius 2 is 1.71 bits per heavy atom. The maximum Gasteiger partial charge on any atom is 0.00388 e. The van der Waals surface area contributed by atoms with Crippen LogP contribution in [0.3, 0.4) is 0 Å². The van der Waals surface area contributed by atoms with Crippen molar-refractivity contribution in [2.75, 3.05) is 32.7 Å². The van der Waals surface area contributed by atoms with Gasteiger partial charge in [0.05, 0.1) is 0 Å². The Hall–Kier alpha value is -0.0800. The van der Waals surface area contributed by atoms with Crippen LogP contribution >= 0.6 is 0 Å². The molecule has 0 aromatic carbocycles. The average Bonchev–Trinajstić information content (AvgIpc) is 2.64. The van der Waals surface area contributed by atoms with E-state index in [0.29, 0.717) is 0 Å². The first-order valence-corrected chi connectivity index (χ1v) is 7.52. The Morgan fingerprint density at radius 3 is 2.24 bits per heavy atom. The Labute approximate surface area is 107 Å². The summed E-state index contributed by atoms with van der Waals surface area (Å²) >= 11 is 0. The van der Waals surface area contributed by atoms with E-state index in [-0.39, 0.29) is 0 Å². The van der Waals surface area contributed by atoms with Crippen molar-refractivity contribution >= 4 is 0 Å². The summed E-state index contributed by atoms with van der Waals surface area (Å²) in [4.78, 5) is 5.37. The zero-order chi connectivity index (χ0) is 12.4. The summed E-state index contributed by atoms with van der Waals surface area (Å²) in [7, 11) is 0. The van der Waals surface area contributed by atoms with Crippen LogP contribution in [0.15, 0.2) is 0 Å². The lowest BCUT2D eigenvalue weighted by Gasteiger charge is -2.33. The number of hydrogen-bond donors (Lipinski definition) is 0. The van der Waals surface area contributed by atoms with Crippen LogP contribution in [0.1, 0.15) is 40.5 Å². The van der Waals surface area contributed by atoms with Crippen molar-refractivity contribution in [3.05, 3.63) is 0 Å².